The van der Waals surface area contributed by atoms with Crippen molar-refractivity contribution in [2.24, 2.45) is 0 Å². The average Bonchev–Trinajstić information content (AvgIpc) is 3.09. The Morgan fingerprint density at radius 2 is 1.81 bits per heavy atom. The molecule has 0 atom stereocenters. The Hall–Kier alpha value is -1.40. The summed E-state index contributed by atoms with van der Waals surface area (Å²) < 4.78 is 7.04. The lowest BCUT2D eigenvalue weighted by Gasteiger charge is -2.33. The van der Waals surface area contributed by atoms with Gasteiger partial charge in [-0.05, 0) is 12.1 Å². The first-order chi connectivity index (χ1) is 12.5. The molecule has 2 aromatic carbocycles. The van der Waals surface area contributed by atoms with Crippen molar-refractivity contribution in [1.82, 2.24) is 4.98 Å². The van der Waals surface area contributed by atoms with E-state index in [0.29, 0.717) is 26.5 Å². The van der Waals surface area contributed by atoms with Crippen LogP contribution in [0.2, 0.25) is 15.1 Å². The summed E-state index contributed by atoms with van der Waals surface area (Å²) in [4.78, 5) is 6.48. The van der Waals surface area contributed by atoms with Gasteiger partial charge < -0.3 is 9.64 Å². The zero-order valence-electron chi connectivity index (χ0n) is 13.5. The van der Waals surface area contributed by atoms with Crippen molar-refractivity contribution in [2.75, 3.05) is 18.0 Å². The number of thiazole rings is 1. The van der Waals surface area contributed by atoms with Crippen molar-refractivity contribution >= 4 is 62.0 Å². The number of halogens is 3. The van der Waals surface area contributed by atoms with Crippen molar-refractivity contribution in [2.45, 2.75) is 18.9 Å². The lowest BCUT2D eigenvalue weighted by atomic mass is 10.1. The van der Waals surface area contributed by atoms with E-state index in [0.717, 1.165) is 36.1 Å². The summed E-state index contributed by atoms with van der Waals surface area (Å²) in [5, 5.41) is 13.4. The van der Waals surface area contributed by atoms with Crippen LogP contribution in [0.15, 0.2) is 29.8 Å². The number of piperidine rings is 1. The SMILES string of the molecule is [O]c1ccc2scnc2c1N1CCC(Oc2cc(Cl)c(Cl)c(Cl)c2)CC1. The molecular formula is C18H14Cl3N2O2S. The van der Waals surface area contributed by atoms with E-state index in [1.165, 1.54) is 0 Å². The van der Waals surface area contributed by atoms with Gasteiger partial charge in [0.2, 0.25) is 5.75 Å². The highest BCUT2D eigenvalue weighted by Crippen LogP contribution is 2.39. The van der Waals surface area contributed by atoms with E-state index in [1.54, 1.807) is 35.0 Å². The van der Waals surface area contributed by atoms with Crippen LogP contribution in [0.1, 0.15) is 12.8 Å². The van der Waals surface area contributed by atoms with Gasteiger partial charge in [-0.15, -0.1) is 11.3 Å². The quantitative estimate of drug-likeness (QED) is 0.450. The van der Waals surface area contributed by atoms with Crippen molar-refractivity contribution in [1.29, 1.82) is 0 Å². The molecule has 1 aliphatic rings. The molecule has 0 amide bonds. The molecule has 0 bridgehead atoms. The summed E-state index contributed by atoms with van der Waals surface area (Å²) in [6, 6.07) is 6.81. The first-order valence-electron chi connectivity index (χ1n) is 8.12. The fraction of sp³-hybridized carbons (Fsp3) is 0.278. The molecule has 1 fully saturated rings. The summed E-state index contributed by atoms with van der Waals surface area (Å²) in [5.41, 5.74) is 3.26. The van der Waals surface area contributed by atoms with E-state index in [4.69, 9.17) is 39.5 Å². The number of fused-ring (bicyclic) bond motifs is 1. The van der Waals surface area contributed by atoms with E-state index in [-0.39, 0.29) is 11.9 Å². The van der Waals surface area contributed by atoms with Gasteiger partial charge in [0.1, 0.15) is 23.1 Å². The third kappa shape index (κ3) is 3.41. The highest BCUT2D eigenvalue weighted by Gasteiger charge is 2.25. The van der Waals surface area contributed by atoms with Gasteiger partial charge in [0.15, 0.2) is 0 Å². The minimum atomic E-state index is 0.0130. The summed E-state index contributed by atoms with van der Waals surface area (Å²) >= 11 is 19.6. The molecule has 8 heteroatoms. The van der Waals surface area contributed by atoms with Crippen molar-refractivity contribution in [3.05, 3.63) is 44.8 Å². The molecule has 4 rings (SSSR count). The Morgan fingerprint density at radius 1 is 1.12 bits per heavy atom. The number of hydrogen-bond acceptors (Lipinski definition) is 4. The molecule has 2 heterocycles. The zero-order valence-corrected chi connectivity index (χ0v) is 16.6. The van der Waals surface area contributed by atoms with Crippen LogP contribution in [-0.2, 0) is 5.11 Å². The van der Waals surface area contributed by atoms with Gasteiger partial charge in [0.25, 0.3) is 0 Å². The maximum atomic E-state index is 12.4. The fourth-order valence-electron chi connectivity index (χ4n) is 3.19. The Labute approximate surface area is 169 Å². The first-order valence-corrected chi connectivity index (χ1v) is 10.1. The smallest absolute Gasteiger partial charge is 0.204 e. The van der Waals surface area contributed by atoms with Crippen LogP contribution in [-0.4, -0.2) is 24.2 Å². The van der Waals surface area contributed by atoms with Crippen LogP contribution in [0.25, 0.3) is 10.2 Å². The highest BCUT2D eigenvalue weighted by molar-refractivity contribution is 7.16. The Kier molecular flexibility index (Phi) is 5.06. The highest BCUT2D eigenvalue weighted by atomic mass is 35.5. The molecule has 1 aliphatic heterocycles. The van der Waals surface area contributed by atoms with Crippen LogP contribution in [0.3, 0.4) is 0 Å². The largest absolute Gasteiger partial charge is 0.490 e. The third-order valence-corrected chi connectivity index (χ3v) is 6.45. The van der Waals surface area contributed by atoms with Gasteiger partial charge in [-0.1, -0.05) is 34.8 Å². The second kappa shape index (κ2) is 7.31. The van der Waals surface area contributed by atoms with Gasteiger partial charge in [-0.3, -0.25) is 5.11 Å². The number of ether oxygens (including phenoxy) is 1. The lowest BCUT2D eigenvalue weighted by molar-refractivity contribution is 0.170. The molecule has 1 aromatic heterocycles. The summed E-state index contributed by atoms with van der Waals surface area (Å²) in [6.07, 6.45) is 1.61. The topological polar surface area (TPSA) is 45.3 Å². The second-order valence-electron chi connectivity index (χ2n) is 6.12. The number of rotatable bonds is 3. The predicted octanol–water partition coefficient (Wildman–Crippen LogP) is 6.45. The molecule has 3 aromatic rings. The van der Waals surface area contributed by atoms with Gasteiger partial charge in [-0.2, -0.15) is 0 Å². The molecule has 0 saturated carbocycles. The van der Waals surface area contributed by atoms with E-state index >= 15 is 0 Å². The van der Waals surface area contributed by atoms with E-state index in [2.05, 4.69) is 9.88 Å². The van der Waals surface area contributed by atoms with E-state index in [1.807, 2.05) is 6.07 Å². The molecule has 0 N–H and O–H groups in total. The number of anilines is 1. The van der Waals surface area contributed by atoms with Crippen LogP contribution >= 0.6 is 46.1 Å². The molecule has 0 aliphatic carbocycles. The molecule has 26 heavy (non-hydrogen) atoms. The minimum Gasteiger partial charge on any atom is -0.490 e. The second-order valence-corrected chi connectivity index (χ2v) is 8.20. The van der Waals surface area contributed by atoms with E-state index < -0.39 is 0 Å². The molecular weight excluding hydrogens is 415 g/mol. The first kappa shape index (κ1) is 18.0. The van der Waals surface area contributed by atoms with E-state index in [9.17, 15) is 5.11 Å². The number of benzene rings is 2. The standard InChI is InChI=1S/C18H14Cl3N2O2S/c19-12-7-11(8-13(20)16(12)21)25-10-3-5-23(6-4-10)18-14(24)1-2-15-17(18)22-9-26-15/h1-2,7-10H,3-6H2. The Balaban J connectivity index is 1.47. The fourth-order valence-corrected chi connectivity index (χ4v) is 4.45. The molecule has 0 spiro atoms. The van der Waals surface area contributed by atoms with Crippen molar-refractivity contribution < 1.29 is 9.84 Å². The van der Waals surface area contributed by atoms with Crippen LogP contribution in [0.5, 0.6) is 11.5 Å². The maximum absolute atomic E-state index is 12.4. The molecule has 1 radical (unpaired) electrons. The van der Waals surface area contributed by atoms with Crippen LogP contribution < -0.4 is 9.64 Å². The molecule has 4 nitrogen and oxygen atoms in total. The molecule has 0 unspecified atom stereocenters. The normalized spacial score (nSPS) is 15.6. The Morgan fingerprint density at radius 3 is 2.50 bits per heavy atom. The lowest BCUT2D eigenvalue weighted by Crippen LogP contribution is -2.38. The summed E-state index contributed by atoms with van der Waals surface area (Å²) in [6.45, 7) is 1.46. The van der Waals surface area contributed by atoms with Gasteiger partial charge in [0.05, 0.1) is 25.3 Å². The predicted molar refractivity (Wildman–Crippen MR) is 107 cm³/mol. The Bertz CT molecular complexity index is 932. The van der Waals surface area contributed by atoms with Crippen LogP contribution in [0, 0.1) is 0 Å². The van der Waals surface area contributed by atoms with Gasteiger partial charge in [0, 0.05) is 38.1 Å². The van der Waals surface area contributed by atoms with Gasteiger partial charge in [-0.25, -0.2) is 4.98 Å². The number of nitrogens with zero attached hydrogens (tertiary/aromatic N) is 2. The summed E-state index contributed by atoms with van der Waals surface area (Å²) in [7, 11) is 0. The summed E-state index contributed by atoms with van der Waals surface area (Å²) in [5.74, 6) is 0.619. The van der Waals surface area contributed by atoms with Gasteiger partial charge >= 0.3 is 0 Å². The zero-order chi connectivity index (χ0) is 18.3. The molecule has 1 saturated heterocycles. The monoisotopic (exact) mass is 427 g/mol. The third-order valence-electron chi connectivity index (χ3n) is 4.46. The van der Waals surface area contributed by atoms with Crippen LogP contribution in [0.4, 0.5) is 5.69 Å². The maximum Gasteiger partial charge on any atom is 0.204 e. The number of hydrogen-bond donors (Lipinski definition) is 0. The minimum absolute atomic E-state index is 0.0130. The van der Waals surface area contributed by atoms with Crippen molar-refractivity contribution in [3.8, 4) is 11.5 Å². The average molecular weight is 429 g/mol. The number of aromatic nitrogens is 1. The van der Waals surface area contributed by atoms with Crippen molar-refractivity contribution in [3.63, 3.8) is 0 Å². The molecule has 135 valence electrons.